The van der Waals surface area contributed by atoms with Crippen molar-refractivity contribution in [3.8, 4) is 11.5 Å². The van der Waals surface area contributed by atoms with Crippen molar-refractivity contribution in [1.29, 1.82) is 0 Å². The molecule has 202 valence electrons. The normalized spacial score (nSPS) is 16.6. The fourth-order valence-electron chi connectivity index (χ4n) is 4.51. The van der Waals surface area contributed by atoms with Gasteiger partial charge in [-0.3, -0.25) is 4.79 Å². The highest BCUT2D eigenvalue weighted by molar-refractivity contribution is 5.98. The monoisotopic (exact) mass is 536 g/mol. The van der Waals surface area contributed by atoms with Crippen molar-refractivity contribution in [2.75, 3.05) is 12.4 Å². The first-order valence-electron chi connectivity index (χ1n) is 12.4. The number of aromatic nitrogens is 2. The molecule has 0 bridgehead atoms. The minimum atomic E-state index is -4.54. The number of alkyl halides is 3. The Morgan fingerprint density at radius 1 is 1.00 bits per heavy atom. The van der Waals surface area contributed by atoms with E-state index >= 15 is 0 Å². The number of nitrogens with one attached hydrogen (secondary N) is 2. The van der Waals surface area contributed by atoms with Gasteiger partial charge >= 0.3 is 6.18 Å². The van der Waals surface area contributed by atoms with E-state index in [-0.39, 0.29) is 24.3 Å². The predicted octanol–water partition coefficient (Wildman–Crippen LogP) is 6.06. The molecule has 0 saturated carbocycles. The molecule has 4 aromatic rings. The highest BCUT2D eigenvalue weighted by Gasteiger charge is 2.47. The summed E-state index contributed by atoms with van der Waals surface area (Å²) in [6.07, 6.45) is -3.62. The topological polar surface area (TPSA) is 77.4 Å². The molecule has 2 heterocycles. The van der Waals surface area contributed by atoms with E-state index in [1.807, 2.05) is 42.5 Å². The summed E-state index contributed by atoms with van der Waals surface area (Å²) < 4.78 is 53.7. The fraction of sp³-hybridized carbons (Fsp3) is 0.241. The van der Waals surface area contributed by atoms with Gasteiger partial charge in [-0.2, -0.15) is 18.3 Å². The fourth-order valence-corrected chi connectivity index (χ4v) is 4.51. The zero-order valence-corrected chi connectivity index (χ0v) is 21.1. The lowest BCUT2D eigenvalue weighted by atomic mass is 9.96. The Labute approximate surface area is 223 Å². The quantitative estimate of drug-likeness (QED) is 0.286. The Balaban J connectivity index is 1.27. The van der Waals surface area contributed by atoms with Crippen molar-refractivity contribution in [1.82, 2.24) is 15.1 Å². The second-order valence-corrected chi connectivity index (χ2v) is 9.22. The van der Waals surface area contributed by atoms with Gasteiger partial charge in [0, 0.05) is 13.0 Å². The molecule has 0 radical (unpaired) electrons. The summed E-state index contributed by atoms with van der Waals surface area (Å²) in [5, 5.41) is 9.81. The van der Waals surface area contributed by atoms with E-state index < -0.39 is 24.2 Å². The van der Waals surface area contributed by atoms with Gasteiger partial charge in [-0.1, -0.05) is 54.6 Å². The van der Waals surface area contributed by atoms with Gasteiger partial charge in [-0.15, -0.1) is 0 Å². The second kappa shape index (κ2) is 11.1. The number of rotatable bonds is 8. The summed E-state index contributed by atoms with van der Waals surface area (Å²) in [5.41, 5.74) is 2.56. The zero-order valence-electron chi connectivity index (χ0n) is 21.1. The number of fused-ring (bicyclic) bond motifs is 1. The zero-order chi connectivity index (χ0) is 27.4. The lowest BCUT2D eigenvalue weighted by Gasteiger charge is -2.34. The molecule has 2 N–H and O–H groups in total. The highest BCUT2D eigenvalue weighted by atomic mass is 19.4. The number of hydrogen-bond donors (Lipinski definition) is 2. The van der Waals surface area contributed by atoms with Crippen LogP contribution in [0.4, 0.5) is 19.0 Å². The molecule has 1 aromatic heterocycles. The van der Waals surface area contributed by atoms with Crippen LogP contribution < -0.4 is 20.1 Å². The standard InChI is InChI=1S/C29H27F3N4O3/c1-38-22-13-9-21(10-14-22)25-15-26(29(30,31)32)36-27(35-25)24(17-34-36)28(37)33-16-19-7-11-23(12-8-19)39-18-20-5-3-2-4-6-20/h2-14,17,25-26,35H,15-16,18H2,1H3,(H,33,37). The first-order valence-corrected chi connectivity index (χ1v) is 12.4. The van der Waals surface area contributed by atoms with Crippen molar-refractivity contribution >= 4 is 11.7 Å². The Morgan fingerprint density at radius 2 is 1.69 bits per heavy atom. The molecule has 5 rings (SSSR count). The van der Waals surface area contributed by atoms with Gasteiger partial charge in [-0.25, -0.2) is 4.68 Å². The van der Waals surface area contributed by atoms with Crippen LogP contribution >= 0.6 is 0 Å². The first-order chi connectivity index (χ1) is 18.8. The Kier molecular flexibility index (Phi) is 7.44. The molecular formula is C29H27F3N4O3. The predicted molar refractivity (Wildman–Crippen MR) is 140 cm³/mol. The number of anilines is 1. The van der Waals surface area contributed by atoms with Crippen LogP contribution in [0.25, 0.3) is 0 Å². The van der Waals surface area contributed by atoms with Crippen molar-refractivity contribution in [3.63, 3.8) is 0 Å². The average Bonchev–Trinajstić information content (AvgIpc) is 3.39. The van der Waals surface area contributed by atoms with Gasteiger partial charge in [-0.05, 0) is 41.0 Å². The first kappa shape index (κ1) is 26.1. The number of carbonyl (C=O) groups excluding carboxylic acids is 1. The SMILES string of the molecule is COc1ccc(C2CC(C(F)(F)F)n3ncc(C(=O)NCc4ccc(OCc5ccccc5)cc4)c3N2)cc1. The Bertz CT molecular complexity index is 1400. The number of ether oxygens (including phenoxy) is 2. The molecule has 7 nitrogen and oxygen atoms in total. The van der Waals surface area contributed by atoms with Crippen LogP contribution in [-0.2, 0) is 13.2 Å². The van der Waals surface area contributed by atoms with Gasteiger partial charge in [0.1, 0.15) is 29.5 Å². The van der Waals surface area contributed by atoms with Crippen LogP contribution in [0.5, 0.6) is 11.5 Å². The average molecular weight is 537 g/mol. The molecule has 3 aromatic carbocycles. The minimum absolute atomic E-state index is 0.0338. The Hall–Kier alpha value is -4.47. The molecule has 0 saturated heterocycles. The molecule has 2 unspecified atom stereocenters. The van der Waals surface area contributed by atoms with Crippen molar-refractivity contribution < 1.29 is 27.4 Å². The summed E-state index contributed by atoms with van der Waals surface area (Å²) in [6, 6.07) is 21.3. The lowest BCUT2D eigenvalue weighted by Crippen LogP contribution is -2.36. The van der Waals surface area contributed by atoms with E-state index in [0.717, 1.165) is 15.8 Å². The molecule has 0 spiro atoms. The maximum absolute atomic E-state index is 14.0. The number of amides is 1. The lowest BCUT2D eigenvalue weighted by molar-refractivity contribution is -0.173. The van der Waals surface area contributed by atoms with Gasteiger partial charge in [0.25, 0.3) is 5.91 Å². The molecule has 1 amide bonds. The van der Waals surface area contributed by atoms with E-state index in [9.17, 15) is 18.0 Å². The molecular weight excluding hydrogens is 509 g/mol. The van der Waals surface area contributed by atoms with Crippen molar-refractivity contribution in [2.24, 2.45) is 0 Å². The van der Waals surface area contributed by atoms with Crippen molar-refractivity contribution in [3.05, 3.63) is 107 Å². The van der Waals surface area contributed by atoms with Crippen LogP contribution in [-0.4, -0.2) is 29.0 Å². The number of hydrogen-bond acceptors (Lipinski definition) is 5. The van der Waals surface area contributed by atoms with E-state index in [1.54, 1.807) is 36.4 Å². The van der Waals surface area contributed by atoms with Gasteiger partial charge < -0.3 is 20.1 Å². The molecule has 10 heteroatoms. The van der Waals surface area contributed by atoms with Gasteiger partial charge in [0.05, 0.1) is 19.3 Å². The van der Waals surface area contributed by atoms with Crippen LogP contribution in [0.3, 0.4) is 0 Å². The van der Waals surface area contributed by atoms with E-state index in [2.05, 4.69) is 15.7 Å². The van der Waals surface area contributed by atoms with Crippen LogP contribution in [0, 0.1) is 0 Å². The third-order valence-corrected chi connectivity index (χ3v) is 6.63. The number of benzene rings is 3. The number of nitrogens with zero attached hydrogens (tertiary/aromatic N) is 2. The third-order valence-electron chi connectivity index (χ3n) is 6.63. The Morgan fingerprint density at radius 3 is 2.36 bits per heavy atom. The number of carbonyl (C=O) groups is 1. The summed E-state index contributed by atoms with van der Waals surface area (Å²) in [7, 11) is 1.52. The summed E-state index contributed by atoms with van der Waals surface area (Å²) >= 11 is 0. The van der Waals surface area contributed by atoms with Crippen LogP contribution in [0.2, 0.25) is 0 Å². The third kappa shape index (κ3) is 6.00. The minimum Gasteiger partial charge on any atom is -0.497 e. The molecule has 0 fully saturated rings. The number of methoxy groups -OCH3 is 1. The van der Waals surface area contributed by atoms with Crippen molar-refractivity contribution in [2.45, 2.75) is 37.8 Å². The molecule has 1 aliphatic rings. The van der Waals surface area contributed by atoms with Gasteiger partial charge in [0.15, 0.2) is 6.04 Å². The number of halogens is 3. The molecule has 0 aliphatic carbocycles. The smallest absolute Gasteiger partial charge is 0.410 e. The van der Waals surface area contributed by atoms with Crippen LogP contribution in [0.1, 0.15) is 45.6 Å². The highest BCUT2D eigenvalue weighted by Crippen LogP contribution is 2.44. The maximum Gasteiger partial charge on any atom is 0.410 e. The molecule has 39 heavy (non-hydrogen) atoms. The van der Waals surface area contributed by atoms with E-state index in [0.29, 0.717) is 23.7 Å². The van der Waals surface area contributed by atoms with E-state index in [4.69, 9.17) is 9.47 Å². The summed E-state index contributed by atoms with van der Waals surface area (Å²) in [5.74, 6) is 0.797. The summed E-state index contributed by atoms with van der Waals surface area (Å²) in [6.45, 7) is 0.625. The van der Waals surface area contributed by atoms with Gasteiger partial charge in [0.2, 0.25) is 0 Å². The largest absolute Gasteiger partial charge is 0.497 e. The molecule has 2 atom stereocenters. The summed E-state index contributed by atoms with van der Waals surface area (Å²) in [4.78, 5) is 13.0. The van der Waals surface area contributed by atoms with E-state index in [1.165, 1.54) is 13.3 Å². The second-order valence-electron chi connectivity index (χ2n) is 9.22. The van der Waals surface area contributed by atoms with Crippen LogP contribution in [0.15, 0.2) is 85.1 Å². The maximum atomic E-state index is 14.0. The molecule has 1 aliphatic heterocycles.